The van der Waals surface area contributed by atoms with Gasteiger partial charge in [0.2, 0.25) is 0 Å². The van der Waals surface area contributed by atoms with Gasteiger partial charge in [-0.15, -0.1) is 0 Å². The number of carbonyl (C=O) groups excluding carboxylic acids is 1. The number of ether oxygens (including phenoxy) is 3. The molecule has 0 spiro atoms. The molecule has 0 aromatic carbocycles. The molecule has 21 heavy (non-hydrogen) atoms. The Morgan fingerprint density at radius 2 is 1.71 bits per heavy atom. The van der Waals surface area contributed by atoms with Crippen LogP contribution in [0.5, 0.6) is 0 Å². The third-order valence-corrected chi connectivity index (χ3v) is 3.23. The van der Waals surface area contributed by atoms with Gasteiger partial charge in [-0.1, -0.05) is 51.9 Å². The van der Waals surface area contributed by atoms with E-state index in [9.17, 15) is 4.79 Å². The van der Waals surface area contributed by atoms with Crippen molar-refractivity contribution in [3.8, 4) is 0 Å². The zero-order valence-corrected chi connectivity index (χ0v) is 13.9. The Labute approximate surface area is 129 Å². The van der Waals surface area contributed by atoms with E-state index in [4.69, 9.17) is 14.2 Å². The van der Waals surface area contributed by atoms with E-state index in [0.717, 1.165) is 12.8 Å². The number of hydrogen-bond donors (Lipinski definition) is 0. The highest BCUT2D eigenvalue weighted by molar-refractivity contribution is 5.81. The van der Waals surface area contributed by atoms with Gasteiger partial charge >= 0.3 is 5.97 Å². The second-order valence-corrected chi connectivity index (χ2v) is 5.13. The summed E-state index contributed by atoms with van der Waals surface area (Å²) in [6, 6.07) is 0. The molecule has 0 unspecified atom stereocenters. The fraction of sp³-hybridized carbons (Fsp3) is 0.824. The van der Waals surface area contributed by atoms with Crippen LogP contribution >= 0.6 is 0 Å². The Morgan fingerprint density at radius 1 is 1.05 bits per heavy atom. The molecule has 0 saturated carbocycles. The van der Waals surface area contributed by atoms with Gasteiger partial charge in [0.1, 0.15) is 6.79 Å². The minimum atomic E-state index is -0.317. The topological polar surface area (TPSA) is 44.8 Å². The van der Waals surface area contributed by atoms with E-state index in [1.54, 1.807) is 20.1 Å². The van der Waals surface area contributed by atoms with Gasteiger partial charge in [0, 0.05) is 13.2 Å². The molecule has 0 aromatic rings. The van der Waals surface area contributed by atoms with Crippen LogP contribution in [0.25, 0.3) is 0 Å². The van der Waals surface area contributed by atoms with Gasteiger partial charge in [0.15, 0.2) is 0 Å². The van der Waals surface area contributed by atoms with Crippen LogP contribution in [-0.4, -0.2) is 32.6 Å². The lowest BCUT2D eigenvalue weighted by Crippen LogP contribution is -2.13. The maximum Gasteiger partial charge on any atom is 0.330 e. The molecule has 0 amide bonds. The first kappa shape index (κ1) is 20.1. The Hall–Kier alpha value is -0.870. The molecule has 0 aromatic heterocycles. The number of rotatable bonds is 14. The van der Waals surface area contributed by atoms with Crippen molar-refractivity contribution < 1.29 is 19.0 Å². The van der Waals surface area contributed by atoms with Crippen molar-refractivity contribution in [1.29, 1.82) is 0 Å². The minimum Gasteiger partial charge on any atom is -0.463 e. The molecule has 0 aliphatic heterocycles. The molecule has 0 rings (SSSR count). The summed E-state index contributed by atoms with van der Waals surface area (Å²) in [6.45, 7) is 4.66. The third kappa shape index (κ3) is 13.9. The molecule has 0 aliphatic carbocycles. The van der Waals surface area contributed by atoms with Crippen LogP contribution in [0, 0.1) is 0 Å². The van der Waals surface area contributed by atoms with Crippen molar-refractivity contribution in [1.82, 2.24) is 0 Å². The van der Waals surface area contributed by atoms with Gasteiger partial charge in [-0.25, -0.2) is 4.79 Å². The van der Waals surface area contributed by atoms with E-state index >= 15 is 0 Å². The maximum atomic E-state index is 11.3. The largest absolute Gasteiger partial charge is 0.463 e. The fourth-order valence-electron chi connectivity index (χ4n) is 2.07. The smallest absolute Gasteiger partial charge is 0.330 e. The number of methoxy groups -OCH3 is 1. The lowest BCUT2D eigenvalue weighted by molar-refractivity contribution is -0.137. The molecule has 0 bridgehead atoms. The number of carbonyl (C=O) groups is 1. The molecule has 0 saturated heterocycles. The molecular weight excluding hydrogens is 268 g/mol. The average molecular weight is 300 g/mol. The summed E-state index contributed by atoms with van der Waals surface area (Å²) in [6.07, 6.45) is 12.9. The summed E-state index contributed by atoms with van der Waals surface area (Å²) in [7, 11) is 1.60. The summed E-state index contributed by atoms with van der Waals surface area (Å²) in [5, 5.41) is 0. The molecule has 0 radical (unpaired) electrons. The Morgan fingerprint density at radius 3 is 2.33 bits per heavy atom. The van der Waals surface area contributed by atoms with Crippen LogP contribution in [0.4, 0.5) is 0 Å². The fourth-order valence-corrected chi connectivity index (χ4v) is 2.07. The highest BCUT2D eigenvalue weighted by atomic mass is 16.7. The number of unbranched alkanes of at least 4 members (excludes halogenated alkanes) is 6. The lowest BCUT2D eigenvalue weighted by Gasteiger charge is -2.13. The van der Waals surface area contributed by atoms with E-state index in [1.807, 2.05) is 0 Å². The molecule has 124 valence electrons. The van der Waals surface area contributed by atoms with Crippen molar-refractivity contribution >= 4 is 5.97 Å². The van der Waals surface area contributed by atoms with Gasteiger partial charge in [0.25, 0.3) is 0 Å². The average Bonchev–Trinajstić information content (AvgIpc) is 2.48. The van der Waals surface area contributed by atoms with E-state index in [1.165, 1.54) is 44.6 Å². The van der Waals surface area contributed by atoms with Crippen molar-refractivity contribution in [2.75, 3.05) is 20.5 Å². The molecule has 0 aliphatic rings. The Balaban J connectivity index is 3.87. The van der Waals surface area contributed by atoms with E-state index in [0.29, 0.717) is 6.61 Å². The quantitative estimate of drug-likeness (QED) is 0.208. The van der Waals surface area contributed by atoms with Crippen LogP contribution in [0.3, 0.4) is 0 Å². The zero-order valence-electron chi connectivity index (χ0n) is 13.9. The summed E-state index contributed by atoms with van der Waals surface area (Å²) in [5.74, 6) is -0.317. The van der Waals surface area contributed by atoms with Gasteiger partial charge in [-0.3, -0.25) is 0 Å². The van der Waals surface area contributed by atoms with Crippen LogP contribution in [-0.2, 0) is 19.0 Å². The second kappa shape index (κ2) is 15.5. The molecule has 0 fully saturated rings. The van der Waals surface area contributed by atoms with Crippen LogP contribution in [0.15, 0.2) is 12.2 Å². The summed E-state index contributed by atoms with van der Waals surface area (Å²) in [5.41, 5.74) is 0. The summed E-state index contributed by atoms with van der Waals surface area (Å²) >= 11 is 0. The summed E-state index contributed by atoms with van der Waals surface area (Å²) < 4.78 is 15.3. The van der Waals surface area contributed by atoms with Gasteiger partial charge in [-0.05, 0) is 19.4 Å². The van der Waals surface area contributed by atoms with Crippen LogP contribution in [0.2, 0.25) is 0 Å². The second-order valence-electron chi connectivity index (χ2n) is 5.13. The van der Waals surface area contributed by atoms with Crippen molar-refractivity contribution in [2.45, 2.75) is 71.3 Å². The zero-order chi connectivity index (χ0) is 15.8. The van der Waals surface area contributed by atoms with Crippen LogP contribution in [0.1, 0.15) is 65.2 Å². The Kier molecular flexibility index (Phi) is 14.9. The van der Waals surface area contributed by atoms with Gasteiger partial charge < -0.3 is 14.2 Å². The first-order chi connectivity index (χ1) is 10.2. The molecule has 0 N–H and O–H groups in total. The first-order valence-corrected chi connectivity index (χ1v) is 8.20. The van der Waals surface area contributed by atoms with E-state index < -0.39 is 0 Å². The van der Waals surface area contributed by atoms with E-state index in [2.05, 4.69) is 6.92 Å². The van der Waals surface area contributed by atoms with Crippen molar-refractivity contribution in [2.24, 2.45) is 0 Å². The van der Waals surface area contributed by atoms with Crippen molar-refractivity contribution in [3.05, 3.63) is 12.2 Å². The predicted molar refractivity (Wildman–Crippen MR) is 85.1 cm³/mol. The number of hydrogen-bond acceptors (Lipinski definition) is 4. The van der Waals surface area contributed by atoms with Gasteiger partial charge in [-0.2, -0.15) is 0 Å². The Bertz CT molecular complexity index is 264. The summed E-state index contributed by atoms with van der Waals surface area (Å²) in [4.78, 5) is 11.3. The van der Waals surface area contributed by atoms with E-state index in [-0.39, 0.29) is 18.9 Å². The molecule has 4 heteroatoms. The third-order valence-electron chi connectivity index (χ3n) is 3.23. The van der Waals surface area contributed by atoms with Gasteiger partial charge in [0.05, 0.1) is 12.7 Å². The molecule has 4 nitrogen and oxygen atoms in total. The number of esters is 1. The maximum absolute atomic E-state index is 11.3. The molecule has 0 heterocycles. The molecule has 1 atom stereocenters. The highest BCUT2D eigenvalue weighted by Crippen LogP contribution is 2.12. The first-order valence-electron chi connectivity index (χ1n) is 8.20. The normalized spacial score (nSPS) is 12.7. The van der Waals surface area contributed by atoms with Crippen molar-refractivity contribution in [3.63, 3.8) is 0 Å². The monoisotopic (exact) mass is 300 g/mol. The molecular formula is C17H32O4. The predicted octanol–water partition coefficient (Wildman–Crippen LogP) is 4.24. The lowest BCUT2D eigenvalue weighted by atomic mass is 10.1. The standard InChI is InChI=1S/C17H32O4/c1-4-6-7-8-9-10-11-12-16(21-15-19-3)13-14-17(18)20-5-2/h13-14,16H,4-12,15H2,1-3H3/b14-13+/t16-/m1/s1. The highest BCUT2D eigenvalue weighted by Gasteiger charge is 2.06. The minimum absolute atomic E-state index is 0.0787. The van der Waals surface area contributed by atoms with Crippen LogP contribution < -0.4 is 0 Å². The SMILES string of the molecule is CCCCCCCCC[C@H](/C=C/C(=O)OCC)OCOC.